The summed E-state index contributed by atoms with van der Waals surface area (Å²) in [4.78, 5) is 3.80. The van der Waals surface area contributed by atoms with E-state index in [9.17, 15) is 4.39 Å². The van der Waals surface area contributed by atoms with E-state index in [0.29, 0.717) is 0 Å². The highest BCUT2D eigenvalue weighted by Gasteiger charge is 2.07. The zero-order valence-corrected chi connectivity index (χ0v) is 15.7. The SMILES string of the molecule is Cc1ccc(-c2ccc(CCc3cc(C)c(N=C=S)c(F)c3)cc2)cc1. The Hall–Kier alpha value is -2.61. The van der Waals surface area contributed by atoms with E-state index < -0.39 is 0 Å². The molecule has 0 bridgehead atoms. The molecule has 0 saturated carbocycles. The normalized spacial score (nSPS) is 10.4. The average molecular weight is 361 g/mol. The Labute approximate surface area is 159 Å². The lowest BCUT2D eigenvalue weighted by molar-refractivity contribution is 0.626. The minimum atomic E-state index is -0.341. The topological polar surface area (TPSA) is 12.4 Å². The first kappa shape index (κ1) is 18.2. The predicted octanol–water partition coefficient (Wildman–Crippen LogP) is 6.63. The Morgan fingerprint density at radius 2 is 1.42 bits per heavy atom. The van der Waals surface area contributed by atoms with Gasteiger partial charge >= 0.3 is 0 Å². The second-order valence-electron chi connectivity index (χ2n) is 6.51. The summed E-state index contributed by atoms with van der Waals surface area (Å²) in [5, 5.41) is 2.23. The van der Waals surface area contributed by atoms with Crippen LogP contribution in [0.2, 0.25) is 0 Å². The fraction of sp³-hybridized carbons (Fsp3) is 0.174. The van der Waals surface area contributed by atoms with Crippen LogP contribution in [-0.2, 0) is 12.8 Å². The number of hydrogen-bond acceptors (Lipinski definition) is 2. The van der Waals surface area contributed by atoms with Crippen LogP contribution < -0.4 is 0 Å². The molecule has 3 aromatic rings. The summed E-state index contributed by atoms with van der Waals surface area (Å²) in [6.07, 6.45) is 1.64. The van der Waals surface area contributed by atoms with Gasteiger partial charge in [0.05, 0.1) is 5.16 Å². The molecular formula is C23H20FNS. The lowest BCUT2D eigenvalue weighted by Crippen LogP contribution is -1.94. The molecule has 1 nitrogen and oxygen atoms in total. The fourth-order valence-corrected chi connectivity index (χ4v) is 3.13. The molecule has 0 aliphatic carbocycles. The van der Waals surface area contributed by atoms with Crippen molar-refractivity contribution < 1.29 is 4.39 Å². The van der Waals surface area contributed by atoms with E-state index >= 15 is 0 Å². The molecule has 0 spiro atoms. The van der Waals surface area contributed by atoms with Gasteiger partial charge in [0.15, 0.2) is 0 Å². The highest BCUT2D eigenvalue weighted by atomic mass is 32.1. The van der Waals surface area contributed by atoms with Gasteiger partial charge in [0.1, 0.15) is 11.5 Å². The number of isothiocyanates is 1. The first-order valence-electron chi connectivity index (χ1n) is 8.59. The van der Waals surface area contributed by atoms with Crippen molar-refractivity contribution in [2.75, 3.05) is 0 Å². The molecule has 130 valence electrons. The molecule has 3 aromatic carbocycles. The fourth-order valence-electron chi connectivity index (χ4n) is 3.04. The second-order valence-corrected chi connectivity index (χ2v) is 6.69. The van der Waals surface area contributed by atoms with Crippen LogP contribution in [0.4, 0.5) is 10.1 Å². The van der Waals surface area contributed by atoms with Crippen molar-refractivity contribution in [1.29, 1.82) is 0 Å². The summed E-state index contributed by atoms with van der Waals surface area (Å²) >= 11 is 4.57. The first-order chi connectivity index (χ1) is 12.6. The number of aliphatic imine (C=N–C) groups is 1. The quantitative estimate of drug-likeness (QED) is 0.367. The van der Waals surface area contributed by atoms with Crippen molar-refractivity contribution in [2.45, 2.75) is 26.7 Å². The van der Waals surface area contributed by atoms with Crippen molar-refractivity contribution in [1.82, 2.24) is 0 Å². The number of hydrogen-bond donors (Lipinski definition) is 0. The van der Waals surface area contributed by atoms with Crippen molar-refractivity contribution in [3.63, 3.8) is 0 Å². The van der Waals surface area contributed by atoms with E-state index in [1.807, 2.05) is 13.0 Å². The molecule has 0 radical (unpaired) electrons. The van der Waals surface area contributed by atoms with Crippen LogP contribution in [0.15, 0.2) is 65.7 Å². The number of aryl methyl sites for hydroxylation is 4. The summed E-state index contributed by atoms with van der Waals surface area (Å²) < 4.78 is 14.1. The molecule has 0 unspecified atom stereocenters. The van der Waals surface area contributed by atoms with Gasteiger partial charge in [-0.1, -0.05) is 60.2 Å². The number of halogens is 1. The van der Waals surface area contributed by atoms with Crippen LogP contribution in [0.1, 0.15) is 22.3 Å². The van der Waals surface area contributed by atoms with Crippen LogP contribution in [0.25, 0.3) is 11.1 Å². The third-order valence-corrected chi connectivity index (χ3v) is 4.60. The van der Waals surface area contributed by atoms with Gasteiger partial charge in [-0.2, -0.15) is 4.99 Å². The highest BCUT2D eigenvalue weighted by molar-refractivity contribution is 7.78. The average Bonchev–Trinajstić information content (AvgIpc) is 2.64. The molecule has 0 fully saturated rings. The van der Waals surface area contributed by atoms with Gasteiger partial charge in [0.25, 0.3) is 0 Å². The van der Waals surface area contributed by atoms with Crippen LogP contribution in [-0.4, -0.2) is 5.16 Å². The molecule has 26 heavy (non-hydrogen) atoms. The zero-order valence-electron chi connectivity index (χ0n) is 14.9. The highest BCUT2D eigenvalue weighted by Crippen LogP contribution is 2.25. The van der Waals surface area contributed by atoms with Crippen LogP contribution >= 0.6 is 12.2 Å². The summed E-state index contributed by atoms with van der Waals surface area (Å²) in [6.45, 7) is 3.93. The standard InChI is InChI=1S/C23H20FNS/c1-16-3-9-20(10-4-16)21-11-7-18(8-12-21)5-6-19-13-17(2)23(25-15-26)22(24)14-19/h3-4,7-14H,5-6H2,1-2H3. The summed E-state index contributed by atoms with van der Waals surface area (Å²) in [6, 6.07) is 20.6. The maximum Gasteiger partial charge on any atom is 0.150 e. The van der Waals surface area contributed by atoms with E-state index in [1.54, 1.807) is 6.07 Å². The number of benzene rings is 3. The molecule has 0 aliphatic heterocycles. The smallest absolute Gasteiger partial charge is 0.150 e. The molecule has 0 heterocycles. The van der Waals surface area contributed by atoms with Crippen molar-refractivity contribution >= 4 is 23.1 Å². The molecule has 0 saturated heterocycles. The van der Waals surface area contributed by atoms with Crippen LogP contribution in [0.3, 0.4) is 0 Å². The minimum Gasteiger partial charge on any atom is -0.205 e. The van der Waals surface area contributed by atoms with E-state index in [1.165, 1.54) is 22.3 Å². The zero-order chi connectivity index (χ0) is 18.5. The van der Waals surface area contributed by atoms with Crippen molar-refractivity contribution in [3.8, 4) is 11.1 Å². The molecule has 0 N–H and O–H groups in total. The second kappa shape index (κ2) is 8.18. The van der Waals surface area contributed by atoms with Gasteiger partial charge in [0, 0.05) is 0 Å². The largest absolute Gasteiger partial charge is 0.205 e. The summed E-state index contributed by atoms with van der Waals surface area (Å²) in [5.41, 5.74) is 6.95. The lowest BCUT2D eigenvalue weighted by Gasteiger charge is -2.08. The van der Waals surface area contributed by atoms with Gasteiger partial charge in [-0.25, -0.2) is 4.39 Å². The summed E-state index contributed by atoms with van der Waals surface area (Å²) in [5.74, 6) is -0.341. The molecule has 0 atom stereocenters. The Morgan fingerprint density at radius 1 is 0.846 bits per heavy atom. The lowest BCUT2D eigenvalue weighted by atomic mass is 9.99. The minimum absolute atomic E-state index is 0.284. The molecule has 3 heteroatoms. The first-order valence-corrected chi connectivity index (χ1v) is 9.00. The number of nitrogens with zero attached hydrogens (tertiary/aromatic N) is 1. The van der Waals surface area contributed by atoms with Crippen LogP contribution in [0, 0.1) is 19.7 Å². The molecule has 0 amide bonds. The van der Waals surface area contributed by atoms with Gasteiger partial charge in [-0.3, -0.25) is 0 Å². The predicted molar refractivity (Wildman–Crippen MR) is 110 cm³/mol. The monoisotopic (exact) mass is 361 g/mol. The van der Waals surface area contributed by atoms with Gasteiger partial charge in [-0.05, 0) is 72.8 Å². The maximum atomic E-state index is 14.1. The van der Waals surface area contributed by atoms with E-state index in [0.717, 1.165) is 24.0 Å². The van der Waals surface area contributed by atoms with Gasteiger partial charge in [0.2, 0.25) is 0 Å². The van der Waals surface area contributed by atoms with E-state index in [-0.39, 0.29) is 11.5 Å². The number of rotatable bonds is 5. The van der Waals surface area contributed by atoms with E-state index in [4.69, 9.17) is 0 Å². The Balaban J connectivity index is 1.70. The molecule has 3 rings (SSSR count). The van der Waals surface area contributed by atoms with Gasteiger partial charge < -0.3 is 0 Å². The van der Waals surface area contributed by atoms with Crippen molar-refractivity contribution in [3.05, 3.63) is 88.7 Å². The number of thiocarbonyl (C=S) groups is 1. The Kier molecular flexibility index (Phi) is 5.72. The Morgan fingerprint density at radius 3 is 2.00 bits per heavy atom. The third-order valence-electron chi connectivity index (χ3n) is 4.51. The van der Waals surface area contributed by atoms with E-state index in [2.05, 4.69) is 77.8 Å². The van der Waals surface area contributed by atoms with Gasteiger partial charge in [-0.15, -0.1) is 0 Å². The van der Waals surface area contributed by atoms with Crippen molar-refractivity contribution in [2.24, 2.45) is 4.99 Å². The summed E-state index contributed by atoms with van der Waals surface area (Å²) in [7, 11) is 0. The maximum absolute atomic E-state index is 14.1. The molecular weight excluding hydrogens is 341 g/mol. The molecule has 0 aromatic heterocycles. The molecule has 0 aliphatic rings. The van der Waals surface area contributed by atoms with Crippen LogP contribution in [0.5, 0.6) is 0 Å². The third kappa shape index (κ3) is 4.32. The Bertz CT molecular complexity index is 929.